The Morgan fingerprint density at radius 1 is 1.47 bits per heavy atom. The van der Waals surface area contributed by atoms with Crippen molar-refractivity contribution in [2.24, 2.45) is 0 Å². The summed E-state index contributed by atoms with van der Waals surface area (Å²) in [5, 5.41) is 9.05. The Kier molecular flexibility index (Phi) is 2.86. The zero-order valence-electron chi connectivity index (χ0n) is 10.6. The van der Waals surface area contributed by atoms with E-state index < -0.39 is 5.97 Å². The lowest BCUT2D eigenvalue weighted by atomic mass is 9.80. The molecule has 0 fully saturated rings. The van der Waals surface area contributed by atoms with Gasteiger partial charge in [-0.25, -0.2) is 0 Å². The minimum absolute atomic E-state index is 0.0662. The summed E-state index contributed by atoms with van der Waals surface area (Å²) in [5.74, 6) is -0.298. The number of hydrogen-bond donors (Lipinski definition) is 1. The van der Waals surface area contributed by atoms with E-state index >= 15 is 0 Å². The fraction of sp³-hybridized carbons (Fsp3) is 0.500. The summed E-state index contributed by atoms with van der Waals surface area (Å²) in [6.45, 7) is 6.50. The Balaban J connectivity index is 2.47. The molecule has 0 unspecified atom stereocenters. The van der Waals surface area contributed by atoms with Gasteiger partial charge in [0.05, 0.1) is 0 Å². The average Bonchev–Trinajstić information content (AvgIpc) is 2.23. The van der Waals surface area contributed by atoms with Crippen LogP contribution in [0.25, 0.3) is 0 Å². The molecule has 92 valence electrons. The summed E-state index contributed by atoms with van der Waals surface area (Å²) >= 11 is 0. The molecule has 0 aliphatic carbocycles. The van der Waals surface area contributed by atoms with E-state index in [2.05, 4.69) is 26.8 Å². The zero-order chi connectivity index (χ0) is 12.6. The SMILES string of the molecule is C[C@@H]1CC(C)(C)N(CC(=O)O)c2ccccc21. The van der Waals surface area contributed by atoms with Gasteiger partial charge in [-0.2, -0.15) is 0 Å². The van der Waals surface area contributed by atoms with Crippen LogP contribution >= 0.6 is 0 Å². The van der Waals surface area contributed by atoms with E-state index in [-0.39, 0.29) is 12.1 Å². The van der Waals surface area contributed by atoms with Crippen LogP contribution in [0.4, 0.5) is 5.69 Å². The van der Waals surface area contributed by atoms with Gasteiger partial charge in [-0.3, -0.25) is 4.79 Å². The van der Waals surface area contributed by atoms with Crippen LogP contribution in [0.1, 0.15) is 38.7 Å². The molecule has 1 aliphatic heterocycles. The van der Waals surface area contributed by atoms with Gasteiger partial charge in [0.1, 0.15) is 6.54 Å². The van der Waals surface area contributed by atoms with Crippen molar-refractivity contribution < 1.29 is 9.90 Å². The van der Waals surface area contributed by atoms with E-state index in [1.807, 2.05) is 23.1 Å². The van der Waals surface area contributed by atoms with Crippen LogP contribution < -0.4 is 4.90 Å². The van der Waals surface area contributed by atoms with Gasteiger partial charge in [0.2, 0.25) is 0 Å². The van der Waals surface area contributed by atoms with Gasteiger partial charge in [0.25, 0.3) is 0 Å². The number of aliphatic carboxylic acids is 1. The van der Waals surface area contributed by atoms with Crippen LogP contribution in [0.15, 0.2) is 24.3 Å². The molecule has 0 radical (unpaired) electrons. The molecule has 1 aliphatic rings. The Morgan fingerprint density at radius 2 is 2.12 bits per heavy atom. The van der Waals surface area contributed by atoms with Gasteiger partial charge in [0, 0.05) is 11.2 Å². The summed E-state index contributed by atoms with van der Waals surface area (Å²) in [7, 11) is 0. The molecule has 2 rings (SSSR count). The van der Waals surface area contributed by atoms with E-state index in [4.69, 9.17) is 5.11 Å². The third kappa shape index (κ3) is 2.14. The number of benzene rings is 1. The topological polar surface area (TPSA) is 40.5 Å². The first-order valence-electron chi connectivity index (χ1n) is 6.00. The molecule has 0 bridgehead atoms. The van der Waals surface area contributed by atoms with Crippen molar-refractivity contribution in [2.45, 2.75) is 38.6 Å². The highest BCUT2D eigenvalue weighted by molar-refractivity contribution is 5.76. The van der Waals surface area contributed by atoms with Crippen molar-refractivity contribution in [3.63, 3.8) is 0 Å². The van der Waals surface area contributed by atoms with E-state index in [0.717, 1.165) is 12.1 Å². The standard InChI is InChI=1S/C14H19NO2/c1-10-8-14(2,3)15(9-13(16)17)12-7-5-4-6-11(10)12/h4-7,10H,8-9H2,1-3H3,(H,16,17)/t10-/m1/s1. The molecule has 1 aromatic carbocycles. The van der Waals surface area contributed by atoms with Crippen molar-refractivity contribution in [1.82, 2.24) is 0 Å². The van der Waals surface area contributed by atoms with Gasteiger partial charge in [0.15, 0.2) is 0 Å². The molecule has 0 saturated carbocycles. The summed E-state index contributed by atoms with van der Waals surface area (Å²) in [5.41, 5.74) is 2.22. The molecule has 17 heavy (non-hydrogen) atoms. The third-order valence-electron chi connectivity index (χ3n) is 3.59. The first-order chi connectivity index (χ1) is 7.92. The van der Waals surface area contributed by atoms with Crippen molar-refractivity contribution in [2.75, 3.05) is 11.4 Å². The lowest BCUT2D eigenvalue weighted by molar-refractivity contribution is -0.135. The van der Waals surface area contributed by atoms with E-state index in [9.17, 15) is 4.79 Å². The Labute approximate surface area is 102 Å². The smallest absolute Gasteiger partial charge is 0.323 e. The fourth-order valence-electron chi connectivity index (χ4n) is 2.88. The molecule has 0 aromatic heterocycles. The van der Waals surface area contributed by atoms with Crippen LogP contribution in [-0.4, -0.2) is 23.2 Å². The Hall–Kier alpha value is -1.51. The third-order valence-corrected chi connectivity index (χ3v) is 3.59. The largest absolute Gasteiger partial charge is 0.480 e. The van der Waals surface area contributed by atoms with Crippen molar-refractivity contribution in [3.8, 4) is 0 Å². The molecule has 1 aromatic rings. The molecule has 1 atom stereocenters. The number of anilines is 1. The van der Waals surface area contributed by atoms with Gasteiger partial charge in [-0.05, 0) is 37.8 Å². The molecule has 0 saturated heterocycles. The number of carboxylic acid groups (broad SMARTS) is 1. The van der Waals surface area contributed by atoms with Crippen LogP contribution in [0, 0.1) is 0 Å². The first-order valence-corrected chi connectivity index (χ1v) is 6.00. The first kappa shape index (κ1) is 12.0. The number of para-hydroxylation sites is 1. The van der Waals surface area contributed by atoms with E-state index in [1.165, 1.54) is 5.56 Å². The molecule has 1 heterocycles. The van der Waals surface area contributed by atoms with Gasteiger partial charge in [-0.15, -0.1) is 0 Å². The quantitative estimate of drug-likeness (QED) is 0.854. The second kappa shape index (κ2) is 4.06. The van der Waals surface area contributed by atoms with E-state index in [1.54, 1.807) is 0 Å². The second-order valence-electron chi connectivity index (χ2n) is 5.46. The number of carboxylic acids is 1. The molecular weight excluding hydrogens is 214 g/mol. The maximum atomic E-state index is 11.0. The maximum Gasteiger partial charge on any atom is 0.323 e. The Bertz CT molecular complexity index is 440. The minimum atomic E-state index is -0.776. The fourth-order valence-corrected chi connectivity index (χ4v) is 2.88. The highest BCUT2D eigenvalue weighted by Gasteiger charge is 2.36. The highest BCUT2D eigenvalue weighted by Crippen LogP contribution is 2.42. The summed E-state index contributed by atoms with van der Waals surface area (Å²) in [4.78, 5) is 13.0. The molecule has 3 heteroatoms. The predicted molar refractivity (Wildman–Crippen MR) is 68.5 cm³/mol. The summed E-state index contributed by atoms with van der Waals surface area (Å²) in [6, 6.07) is 8.12. The average molecular weight is 233 g/mol. The molecule has 0 amide bonds. The Morgan fingerprint density at radius 3 is 2.76 bits per heavy atom. The monoisotopic (exact) mass is 233 g/mol. The molecule has 0 spiro atoms. The minimum Gasteiger partial charge on any atom is -0.480 e. The van der Waals surface area contributed by atoms with Crippen LogP contribution in [-0.2, 0) is 4.79 Å². The van der Waals surface area contributed by atoms with Crippen molar-refractivity contribution in [3.05, 3.63) is 29.8 Å². The second-order valence-corrected chi connectivity index (χ2v) is 5.46. The lowest BCUT2D eigenvalue weighted by Crippen LogP contribution is -2.50. The highest BCUT2D eigenvalue weighted by atomic mass is 16.4. The van der Waals surface area contributed by atoms with Gasteiger partial charge < -0.3 is 10.0 Å². The predicted octanol–water partition coefficient (Wildman–Crippen LogP) is 2.86. The van der Waals surface area contributed by atoms with Gasteiger partial charge in [-0.1, -0.05) is 25.1 Å². The number of nitrogens with zero attached hydrogens (tertiary/aromatic N) is 1. The lowest BCUT2D eigenvalue weighted by Gasteiger charge is -2.46. The molecule has 3 nitrogen and oxygen atoms in total. The number of rotatable bonds is 2. The number of carbonyl (C=O) groups is 1. The maximum absolute atomic E-state index is 11.0. The summed E-state index contributed by atoms with van der Waals surface area (Å²) < 4.78 is 0. The van der Waals surface area contributed by atoms with Crippen molar-refractivity contribution in [1.29, 1.82) is 0 Å². The summed E-state index contributed by atoms with van der Waals surface area (Å²) in [6.07, 6.45) is 0.983. The van der Waals surface area contributed by atoms with Crippen LogP contribution in [0.3, 0.4) is 0 Å². The molecule has 1 N–H and O–H groups in total. The number of hydrogen-bond acceptors (Lipinski definition) is 2. The van der Waals surface area contributed by atoms with Gasteiger partial charge >= 0.3 is 5.97 Å². The van der Waals surface area contributed by atoms with E-state index in [0.29, 0.717) is 5.92 Å². The normalized spacial score (nSPS) is 22.1. The van der Waals surface area contributed by atoms with Crippen LogP contribution in [0.5, 0.6) is 0 Å². The molecular formula is C14H19NO2. The van der Waals surface area contributed by atoms with Crippen LogP contribution in [0.2, 0.25) is 0 Å². The van der Waals surface area contributed by atoms with Crippen molar-refractivity contribution >= 4 is 11.7 Å². The zero-order valence-corrected chi connectivity index (χ0v) is 10.6. The number of fused-ring (bicyclic) bond motifs is 1.